The summed E-state index contributed by atoms with van der Waals surface area (Å²) in [7, 11) is 0. The van der Waals surface area contributed by atoms with Crippen LogP contribution in [0.15, 0.2) is 54.9 Å². The van der Waals surface area contributed by atoms with E-state index in [0.29, 0.717) is 24.0 Å². The Kier molecular flexibility index (Phi) is 3.74. The number of phenolic OH excluding ortho intramolecular Hbond substituents is 1. The maximum atomic E-state index is 9.80. The summed E-state index contributed by atoms with van der Waals surface area (Å²) in [6, 6.07) is 15.0. The molecule has 0 radical (unpaired) electrons. The molecular weight excluding hydrogens is 318 g/mol. The molecule has 0 amide bonds. The number of rotatable bonds is 3. The summed E-state index contributed by atoms with van der Waals surface area (Å²) >= 11 is 0. The molecule has 1 aliphatic heterocycles. The van der Waals surface area contributed by atoms with E-state index in [1.807, 2.05) is 36.4 Å². The first-order valence-corrected chi connectivity index (χ1v) is 8.03. The number of aromatic nitrogens is 2. The highest BCUT2D eigenvalue weighted by molar-refractivity contribution is 5.62. The molecule has 4 rings (SSSR count). The van der Waals surface area contributed by atoms with Gasteiger partial charge in [0.15, 0.2) is 0 Å². The first-order chi connectivity index (χ1) is 12.2. The lowest BCUT2D eigenvalue weighted by molar-refractivity contribution is -0.687. The Balaban J connectivity index is 1.97. The van der Waals surface area contributed by atoms with Crippen molar-refractivity contribution in [2.24, 2.45) is 0 Å². The fourth-order valence-electron chi connectivity index (χ4n) is 3.26. The van der Waals surface area contributed by atoms with E-state index in [4.69, 9.17) is 10.5 Å². The van der Waals surface area contributed by atoms with Crippen molar-refractivity contribution in [2.75, 3.05) is 12.3 Å². The van der Waals surface area contributed by atoms with E-state index in [1.54, 1.807) is 23.0 Å². The monoisotopic (exact) mass is 336 g/mol. The van der Waals surface area contributed by atoms with Crippen molar-refractivity contribution >= 4 is 5.82 Å². The molecule has 0 bridgehead atoms. The van der Waals surface area contributed by atoms with Gasteiger partial charge in [-0.05, 0) is 11.6 Å². The minimum absolute atomic E-state index is 0.0311. The number of hydrogen-bond acceptors (Lipinski definition) is 5. The lowest BCUT2D eigenvalue weighted by Gasteiger charge is -2.27. The van der Waals surface area contributed by atoms with Crippen LogP contribution < -0.4 is 15.0 Å². The van der Waals surface area contributed by atoms with Crippen molar-refractivity contribution in [3.05, 3.63) is 71.5 Å². The van der Waals surface area contributed by atoms with E-state index in [9.17, 15) is 10.2 Å². The van der Waals surface area contributed by atoms with Gasteiger partial charge in [0, 0.05) is 11.6 Å². The van der Waals surface area contributed by atoms with E-state index in [0.717, 1.165) is 16.7 Å². The predicted octanol–water partition coefficient (Wildman–Crippen LogP) is 1.94. The topological polar surface area (TPSA) is 92.5 Å². The van der Waals surface area contributed by atoms with Gasteiger partial charge in [-0.3, -0.25) is 0 Å². The number of ether oxygens (including phenoxy) is 1. The van der Waals surface area contributed by atoms with Crippen LogP contribution in [0, 0.1) is 0 Å². The van der Waals surface area contributed by atoms with E-state index in [-0.39, 0.29) is 18.3 Å². The molecule has 1 atom stereocenters. The summed E-state index contributed by atoms with van der Waals surface area (Å²) in [4.78, 5) is 4.37. The van der Waals surface area contributed by atoms with Crippen molar-refractivity contribution in [3.63, 3.8) is 0 Å². The Morgan fingerprint density at radius 3 is 2.72 bits per heavy atom. The molecule has 0 aliphatic carbocycles. The summed E-state index contributed by atoms with van der Waals surface area (Å²) in [5, 5.41) is 19.1. The van der Waals surface area contributed by atoms with Gasteiger partial charge >= 0.3 is 5.88 Å². The first-order valence-electron chi connectivity index (χ1n) is 8.03. The largest absolute Gasteiger partial charge is 0.508 e. The van der Waals surface area contributed by atoms with Crippen LogP contribution >= 0.6 is 0 Å². The highest BCUT2D eigenvalue weighted by Gasteiger charge is 2.36. The number of hydrogen-bond donors (Lipinski definition) is 3. The van der Waals surface area contributed by atoms with Gasteiger partial charge in [0.1, 0.15) is 17.1 Å². The fourth-order valence-corrected chi connectivity index (χ4v) is 3.26. The number of nitrogens with two attached hydrogens (primary N) is 1. The van der Waals surface area contributed by atoms with Gasteiger partial charge in [-0.25, -0.2) is 4.57 Å². The molecule has 0 saturated heterocycles. The van der Waals surface area contributed by atoms with Crippen molar-refractivity contribution in [2.45, 2.75) is 12.5 Å². The molecule has 0 unspecified atom stereocenters. The first kappa shape index (κ1) is 15.4. The van der Waals surface area contributed by atoms with Gasteiger partial charge in [0.25, 0.3) is 0 Å². The maximum Gasteiger partial charge on any atom is 0.306 e. The summed E-state index contributed by atoms with van der Waals surface area (Å²) < 4.78 is 7.61. The Labute approximate surface area is 144 Å². The van der Waals surface area contributed by atoms with Crippen molar-refractivity contribution in [1.82, 2.24) is 4.98 Å². The number of anilines is 1. The lowest BCUT2D eigenvalue weighted by atomic mass is 9.83. The molecule has 2 aromatic carbocycles. The average Bonchev–Trinajstić information content (AvgIpc) is 2.63. The average molecular weight is 336 g/mol. The van der Waals surface area contributed by atoms with Crippen molar-refractivity contribution < 1.29 is 19.5 Å². The smallest absolute Gasteiger partial charge is 0.306 e. The number of phenols is 1. The van der Waals surface area contributed by atoms with Crippen molar-refractivity contribution in [1.29, 1.82) is 0 Å². The Morgan fingerprint density at radius 2 is 1.96 bits per heavy atom. The van der Waals surface area contributed by atoms with Crippen molar-refractivity contribution in [3.8, 4) is 17.4 Å². The standard InChI is InChI=1S/C19H17N3O3/c20-18-17-16(12-4-2-1-3-5-12)14-7-6-13(24)10-15(14)25-19(17)21-11-22(18)8-9-23/h1-7,10-11,16,20,23-24H,8-9H2/p+1/t16-/m1/s1. The molecule has 6 nitrogen and oxygen atoms in total. The molecule has 1 aliphatic rings. The summed E-state index contributed by atoms with van der Waals surface area (Å²) in [5.74, 6) is 1.45. The van der Waals surface area contributed by atoms with Gasteiger partial charge in [-0.2, -0.15) is 0 Å². The second-order valence-electron chi connectivity index (χ2n) is 5.93. The van der Waals surface area contributed by atoms with Gasteiger partial charge in [-0.15, -0.1) is 0 Å². The quantitative estimate of drug-likeness (QED) is 0.497. The molecular formula is C19H18N3O3+. The Morgan fingerprint density at radius 1 is 1.16 bits per heavy atom. The molecule has 1 aromatic heterocycles. The van der Waals surface area contributed by atoms with Crippen LogP contribution in [0.2, 0.25) is 0 Å². The second kappa shape index (κ2) is 6.07. The molecule has 3 aromatic rings. The number of nitrogens with zero attached hydrogens (tertiary/aromatic N) is 2. The maximum absolute atomic E-state index is 9.80. The number of aliphatic hydroxyl groups excluding tert-OH is 1. The fraction of sp³-hybridized carbons (Fsp3) is 0.158. The van der Waals surface area contributed by atoms with Gasteiger partial charge in [0.2, 0.25) is 12.1 Å². The van der Waals surface area contributed by atoms with E-state index in [2.05, 4.69) is 4.98 Å². The van der Waals surface area contributed by atoms with Crippen LogP contribution in [0.5, 0.6) is 17.4 Å². The van der Waals surface area contributed by atoms with E-state index >= 15 is 0 Å². The Bertz CT molecular complexity index is 929. The van der Waals surface area contributed by atoms with Crippen LogP contribution in [-0.2, 0) is 6.54 Å². The van der Waals surface area contributed by atoms with Crippen LogP contribution in [0.3, 0.4) is 0 Å². The summed E-state index contributed by atoms with van der Waals surface area (Å²) in [5.41, 5.74) is 9.11. The number of nitrogen functional groups attached to an aromatic ring is 1. The SMILES string of the molecule is Nc1c2c(nc[n+]1CCO)Oc1cc(O)ccc1[C@H]2c1ccccc1. The molecule has 0 spiro atoms. The number of fused-ring (bicyclic) bond motifs is 2. The summed E-state index contributed by atoms with van der Waals surface area (Å²) in [6.07, 6.45) is 1.56. The number of aliphatic hydroxyl groups is 1. The molecule has 4 N–H and O–H groups in total. The minimum Gasteiger partial charge on any atom is -0.508 e. The third-order valence-corrected chi connectivity index (χ3v) is 4.41. The third-order valence-electron chi connectivity index (χ3n) is 4.41. The van der Waals surface area contributed by atoms with Gasteiger partial charge in [0.05, 0.1) is 19.1 Å². The van der Waals surface area contributed by atoms with E-state index < -0.39 is 0 Å². The van der Waals surface area contributed by atoms with E-state index in [1.165, 1.54) is 0 Å². The van der Waals surface area contributed by atoms with Crippen LogP contribution in [0.25, 0.3) is 0 Å². The molecule has 0 fully saturated rings. The molecule has 25 heavy (non-hydrogen) atoms. The molecule has 0 saturated carbocycles. The van der Waals surface area contributed by atoms with Crippen LogP contribution in [0.4, 0.5) is 5.82 Å². The zero-order valence-electron chi connectivity index (χ0n) is 13.5. The predicted molar refractivity (Wildman–Crippen MR) is 91.5 cm³/mol. The number of aromatic hydroxyl groups is 1. The zero-order chi connectivity index (χ0) is 17.4. The van der Waals surface area contributed by atoms with Crippen LogP contribution in [-0.4, -0.2) is 21.8 Å². The Hall–Kier alpha value is -3.12. The zero-order valence-corrected chi connectivity index (χ0v) is 13.5. The van der Waals surface area contributed by atoms with Gasteiger partial charge < -0.3 is 20.7 Å². The van der Waals surface area contributed by atoms with Gasteiger partial charge in [-0.1, -0.05) is 41.4 Å². The highest BCUT2D eigenvalue weighted by atomic mass is 16.5. The third kappa shape index (κ3) is 2.56. The minimum atomic E-state index is -0.167. The molecule has 2 heterocycles. The lowest BCUT2D eigenvalue weighted by Crippen LogP contribution is -2.41. The summed E-state index contributed by atoms with van der Waals surface area (Å²) in [6.45, 7) is 0.326. The van der Waals surface area contributed by atoms with Crippen LogP contribution in [0.1, 0.15) is 22.6 Å². The number of benzene rings is 2. The highest BCUT2D eigenvalue weighted by Crippen LogP contribution is 2.48. The molecule has 126 valence electrons. The normalized spacial score (nSPS) is 15.2. The molecule has 6 heteroatoms. The second-order valence-corrected chi connectivity index (χ2v) is 5.93.